The van der Waals surface area contributed by atoms with Gasteiger partial charge in [-0.1, -0.05) is 6.07 Å². The molecule has 1 aromatic rings. The Morgan fingerprint density at radius 3 is 3.14 bits per heavy atom. The molecular weight excluding hydrogens is 176 g/mol. The van der Waals surface area contributed by atoms with Crippen molar-refractivity contribution >= 4 is 0 Å². The number of benzene rings is 1. The summed E-state index contributed by atoms with van der Waals surface area (Å²) >= 11 is 0. The smallest absolute Gasteiger partial charge is 0.121 e. The fourth-order valence-electron chi connectivity index (χ4n) is 1.78. The third-order valence-electron chi connectivity index (χ3n) is 2.53. The number of fused-ring (bicyclic) bond motifs is 1. The third-order valence-corrected chi connectivity index (χ3v) is 2.53. The van der Waals surface area contributed by atoms with E-state index in [1.165, 1.54) is 5.56 Å². The Bertz CT molecular complexity index is 381. The SMILES string of the molecule is COc1ccc2c(c1)CCNC2C#N. The zero-order valence-electron chi connectivity index (χ0n) is 8.08. The van der Waals surface area contributed by atoms with Gasteiger partial charge in [0, 0.05) is 6.54 Å². The van der Waals surface area contributed by atoms with Gasteiger partial charge in [0.05, 0.1) is 13.2 Å². The molecule has 1 unspecified atom stereocenters. The van der Waals surface area contributed by atoms with Crippen LogP contribution < -0.4 is 10.1 Å². The average Bonchev–Trinajstić information content (AvgIpc) is 2.27. The molecule has 3 nitrogen and oxygen atoms in total. The fraction of sp³-hybridized carbons (Fsp3) is 0.364. The van der Waals surface area contributed by atoms with Gasteiger partial charge >= 0.3 is 0 Å². The van der Waals surface area contributed by atoms with E-state index in [1.54, 1.807) is 7.11 Å². The van der Waals surface area contributed by atoms with Crippen molar-refractivity contribution in [1.82, 2.24) is 5.32 Å². The van der Waals surface area contributed by atoms with E-state index in [0.29, 0.717) is 0 Å². The van der Waals surface area contributed by atoms with Gasteiger partial charge in [-0.3, -0.25) is 5.32 Å². The van der Waals surface area contributed by atoms with E-state index in [1.807, 2.05) is 18.2 Å². The maximum atomic E-state index is 8.92. The van der Waals surface area contributed by atoms with Crippen LogP contribution in [0.3, 0.4) is 0 Å². The van der Waals surface area contributed by atoms with E-state index in [0.717, 1.165) is 24.3 Å². The van der Waals surface area contributed by atoms with E-state index in [2.05, 4.69) is 11.4 Å². The summed E-state index contributed by atoms with van der Waals surface area (Å²) in [7, 11) is 1.66. The molecule has 1 heterocycles. The summed E-state index contributed by atoms with van der Waals surface area (Å²) in [6.07, 6.45) is 0.963. The van der Waals surface area contributed by atoms with Gasteiger partial charge in [0.25, 0.3) is 0 Å². The standard InChI is InChI=1S/C11H12N2O/c1-14-9-2-3-10-8(6-9)4-5-13-11(10)7-12/h2-3,6,11,13H,4-5H2,1H3. The lowest BCUT2D eigenvalue weighted by atomic mass is 9.95. The van der Waals surface area contributed by atoms with E-state index in [4.69, 9.17) is 10.00 Å². The van der Waals surface area contributed by atoms with Crippen molar-refractivity contribution in [3.8, 4) is 11.8 Å². The number of rotatable bonds is 1. The van der Waals surface area contributed by atoms with Crippen LogP contribution in [0, 0.1) is 11.3 Å². The van der Waals surface area contributed by atoms with Crippen LogP contribution in [0.5, 0.6) is 5.75 Å². The summed E-state index contributed by atoms with van der Waals surface area (Å²) in [5.41, 5.74) is 2.30. The molecule has 0 fully saturated rings. The molecule has 0 saturated heterocycles. The number of nitrogens with one attached hydrogen (secondary N) is 1. The Kier molecular flexibility index (Phi) is 2.38. The number of nitrogens with zero attached hydrogens (tertiary/aromatic N) is 1. The largest absolute Gasteiger partial charge is 0.497 e. The predicted molar refractivity (Wildman–Crippen MR) is 53.1 cm³/mol. The molecule has 0 amide bonds. The fourth-order valence-corrected chi connectivity index (χ4v) is 1.78. The lowest BCUT2D eigenvalue weighted by molar-refractivity contribution is 0.413. The first kappa shape index (κ1) is 9.04. The number of hydrogen-bond donors (Lipinski definition) is 1. The summed E-state index contributed by atoms with van der Waals surface area (Å²) in [4.78, 5) is 0. The van der Waals surface area contributed by atoms with Gasteiger partial charge in [-0.05, 0) is 29.7 Å². The van der Waals surface area contributed by atoms with Crippen LogP contribution in [-0.2, 0) is 6.42 Å². The number of hydrogen-bond acceptors (Lipinski definition) is 3. The highest BCUT2D eigenvalue weighted by Crippen LogP contribution is 2.25. The Labute approximate surface area is 83.3 Å². The van der Waals surface area contributed by atoms with Crippen LogP contribution in [-0.4, -0.2) is 13.7 Å². The second-order valence-electron chi connectivity index (χ2n) is 3.33. The average molecular weight is 188 g/mol. The maximum absolute atomic E-state index is 8.92. The van der Waals surface area contributed by atoms with Crippen molar-refractivity contribution in [2.45, 2.75) is 12.5 Å². The van der Waals surface area contributed by atoms with Gasteiger partial charge in [0.15, 0.2) is 0 Å². The summed E-state index contributed by atoms with van der Waals surface area (Å²) < 4.78 is 5.15. The summed E-state index contributed by atoms with van der Waals surface area (Å²) in [5.74, 6) is 0.863. The highest BCUT2D eigenvalue weighted by molar-refractivity contribution is 5.41. The molecule has 0 spiro atoms. The molecular formula is C11H12N2O. The molecule has 72 valence electrons. The van der Waals surface area contributed by atoms with Crippen molar-refractivity contribution in [2.75, 3.05) is 13.7 Å². The van der Waals surface area contributed by atoms with Crippen molar-refractivity contribution in [3.63, 3.8) is 0 Å². The number of ether oxygens (including phenoxy) is 1. The van der Waals surface area contributed by atoms with Gasteiger partial charge in [-0.2, -0.15) is 5.26 Å². The van der Waals surface area contributed by atoms with Crippen LogP contribution in [0.1, 0.15) is 17.2 Å². The Morgan fingerprint density at radius 1 is 1.57 bits per heavy atom. The molecule has 1 aliphatic heterocycles. The summed E-state index contributed by atoms with van der Waals surface area (Å²) in [6.45, 7) is 0.860. The third kappa shape index (κ3) is 1.45. The maximum Gasteiger partial charge on any atom is 0.121 e. The van der Waals surface area contributed by atoms with Crippen molar-refractivity contribution in [3.05, 3.63) is 29.3 Å². The Morgan fingerprint density at radius 2 is 2.43 bits per heavy atom. The molecule has 1 aromatic carbocycles. The second-order valence-corrected chi connectivity index (χ2v) is 3.33. The lowest BCUT2D eigenvalue weighted by Crippen LogP contribution is -2.28. The van der Waals surface area contributed by atoms with Gasteiger partial charge in [-0.25, -0.2) is 0 Å². The molecule has 1 N–H and O–H groups in total. The van der Waals surface area contributed by atoms with Gasteiger partial charge in [0.2, 0.25) is 0 Å². The molecule has 3 heteroatoms. The molecule has 14 heavy (non-hydrogen) atoms. The first-order valence-electron chi connectivity index (χ1n) is 4.65. The van der Waals surface area contributed by atoms with Crippen molar-refractivity contribution in [1.29, 1.82) is 5.26 Å². The summed E-state index contributed by atoms with van der Waals surface area (Å²) in [6, 6.07) is 7.96. The van der Waals surface area contributed by atoms with Crippen LogP contribution in [0.15, 0.2) is 18.2 Å². The Balaban J connectivity index is 2.42. The van der Waals surface area contributed by atoms with E-state index >= 15 is 0 Å². The van der Waals surface area contributed by atoms with Crippen molar-refractivity contribution < 1.29 is 4.74 Å². The van der Waals surface area contributed by atoms with Gasteiger partial charge < -0.3 is 4.74 Å². The predicted octanol–water partition coefficient (Wildman–Crippen LogP) is 1.41. The first-order chi connectivity index (χ1) is 6.85. The van der Waals surface area contributed by atoms with Gasteiger partial charge in [0.1, 0.15) is 11.8 Å². The first-order valence-corrected chi connectivity index (χ1v) is 4.65. The van der Waals surface area contributed by atoms with Crippen LogP contribution in [0.2, 0.25) is 0 Å². The minimum atomic E-state index is -0.162. The van der Waals surface area contributed by atoms with E-state index in [9.17, 15) is 0 Å². The zero-order valence-corrected chi connectivity index (χ0v) is 8.08. The molecule has 0 radical (unpaired) electrons. The zero-order chi connectivity index (χ0) is 9.97. The van der Waals surface area contributed by atoms with Crippen LogP contribution in [0.25, 0.3) is 0 Å². The van der Waals surface area contributed by atoms with E-state index in [-0.39, 0.29) is 6.04 Å². The molecule has 1 atom stereocenters. The minimum Gasteiger partial charge on any atom is -0.497 e. The number of methoxy groups -OCH3 is 1. The van der Waals surface area contributed by atoms with Crippen LogP contribution in [0.4, 0.5) is 0 Å². The molecule has 0 bridgehead atoms. The van der Waals surface area contributed by atoms with E-state index < -0.39 is 0 Å². The van der Waals surface area contributed by atoms with Crippen LogP contribution >= 0.6 is 0 Å². The second kappa shape index (κ2) is 3.69. The monoisotopic (exact) mass is 188 g/mol. The highest BCUT2D eigenvalue weighted by atomic mass is 16.5. The lowest BCUT2D eigenvalue weighted by Gasteiger charge is -2.22. The molecule has 0 aromatic heterocycles. The molecule has 1 aliphatic rings. The van der Waals surface area contributed by atoms with Crippen molar-refractivity contribution in [2.24, 2.45) is 0 Å². The minimum absolute atomic E-state index is 0.162. The summed E-state index contributed by atoms with van der Waals surface area (Å²) in [5, 5.41) is 12.1. The Hall–Kier alpha value is -1.53. The quantitative estimate of drug-likeness (QED) is 0.724. The van der Waals surface area contributed by atoms with Gasteiger partial charge in [-0.15, -0.1) is 0 Å². The normalized spacial score (nSPS) is 19.6. The molecule has 0 aliphatic carbocycles. The molecule has 0 saturated carbocycles. The molecule has 2 rings (SSSR count). The topological polar surface area (TPSA) is 45.0 Å². The number of nitriles is 1. The highest BCUT2D eigenvalue weighted by Gasteiger charge is 2.18.